The molecular formula is C15H21BrN2O3. The molecule has 0 aliphatic rings. The highest BCUT2D eigenvalue weighted by atomic mass is 79.9. The van der Waals surface area contributed by atoms with E-state index >= 15 is 0 Å². The van der Waals surface area contributed by atoms with E-state index in [0.29, 0.717) is 19.4 Å². The number of hydrogen-bond acceptors (Lipinski definition) is 4. The highest BCUT2D eigenvalue weighted by Crippen LogP contribution is 2.19. The van der Waals surface area contributed by atoms with Gasteiger partial charge in [0.2, 0.25) is 5.91 Å². The molecule has 0 heterocycles. The zero-order valence-corrected chi connectivity index (χ0v) is 14.2. The molecule has 6 heteroatoms. The standard InChI is InChI=1S/C15H21BrN2O3/c1-11-9-12(6-7-13(11)16)17-14(19)10-18(2)8-4-5-15(20)21-3/h6-7,9H,4-5,8,10H2,1-3H3,(H,17,19). The zero-order valence-electron chi connectivity index (χ0n) is 12.6. The maximum Gasteiger partial charge on any atom is 0.305 e. The molecule has 116 valence electrons. The van der Waals surface area contributed by atoms with Crippen LogP contribution in [0.4, 0.5) is 5.69 Å². The van der Waals surface area contributed by atoms with Gasteiger partial charge >= 0.3 is 5.97 Å². The lowest BCUT2D eigenvalue weighted by atomic mass is 10.2. The van der Waals surface area contributed by atoms with Crippen molar-refractivity contribution in [1.29, 1.82) is 0 Å². The van der Waals surface area contributed by atoms with Crippen LogP contribution in [0, 0.1) is 6.92 Å². The number of carbonyl (C=O) groups is 2. The average molecular weight is 357 g/mol. The SMILES string of the molecule is COC(=O)CCCN(C)CC(=O)Nc1ccc(Br)c(C)c1. The van der Waals surface area contributed by atoms with Crippen molar-refractivity contribution in [2.75, 3.05) is 32.6 Å². The summed E-state index contributed by atoms with van der Waals surface area (Å²) in [5, 5.41) is 2.86. The first-order chi connectivity index (χ1) is 9.92. The predicted molar refractivity (Wildman–Crippen MR) is 86.3 cm³/mol. The van der Waals surface area contributed by atoms with E-state index in [1.165, 1.54) is 7.11 Å². The highest BCUT2D eigenvalue weighted by molar-refractivity contribution is 9.10. The van der Waals surface area contributed by atoms with Gasteiger partial charge in [0, 0.05) is 16.6 Å². The van der Waals surface area contributed by atoms with Crippen molar-refractivity contribution < 1.29 is 14.3 Å². The van der Waals surface area contributed by atoms with Crippen LogP contribution in [0.3, 0.4) is 0 Å². The number of aryl methyl sites for hydroxylation is 1. The maximum atomic E-state index is 11.9. The molecule has 0 aromatic heterocycles. The van der Waals surface area contributed by atoms with Crippen LogP contribution >= 0.6 is 15.9 Å². The van der Waals surface area contributed by atoms with E-state index in [1.54, 1.807) is 0 Å². The first-order valence-corrected chi connectivity index (χ1v) is 7.53. The van der Waals surface area contributed by atoms with Gasteiger partial charge in [-0.05, 0) is 50.7 Å². The lowest BCUT2D eigenvalue weighted by Crippen LogP contribution is -2.31. The fraction of sp³-hybridized carbons (Fsp3) is 0.467. The molecule has 1 amide bonds. The van der Waals surface area contributed by atoms with E-state index < -0.39 is 0 Å². The molecule has 0 radical (unpaired) electrons. The second-order valence-corrected chi connectivity index (χ2v) is 5.78. The van der Waals surface area contributed by atoms with Gasteiger partial charge in [-0.15, -0.1) is 0 Å². The monoisotopic (exact) mass is 356 g/mol. The molecule has 5 nitrogen and oxygen atoms in total. The van der Waals surface area contributed by atoms with Crippen LogP contribution in [-0.4, -0.2) is 44.0 Å². The van der Waals surface area contributed by atoms with E-state index in [-0.39, 0.29) is 18.4 Å². The maximum absolute atomic E-state index is 11.9. The van der Waals surface area contributed by atoms with Crippen molar-refractivity contribution >= 4 is 33.5 Å². The zero-order chi connectivity index (χ0) is 15.8. The third-order valence-corrected chi connectivity index (χ3v) is 3.89. The minimum Gasteiger partial charge on any atom is -0.469 e. The lowest BCUT2D eigenvalue weighted by Gasteiger charge is -2.16. The Bertz CT molecular complexity index is 506. The second-order valence-electron chi connectivity index (χ2n) is 4.93. The summed E-state index contributed by atoms with van der Waals surface area (Å²) in [7, 11) is 3.23. The number of nitrogens with zero attached hydrogens (tertiary/aromatic N) is 1. The number of esters is 1. The highest BCUT2D eigenvalue weighted by Gasteiger charge is 2.08. The summed E-state index contributed by atoms with van der Waals surface area (Å²) in [5.74, 6) is -0.296. The summed E-state index contributed by atoms with van der Waals surface area (Å²) in [6.45, 7) is 2.93. The molecule has 0 aliphatic carbocycles. The summed E-state index contributed by atoms with van der Waals surface area (Å²) < 4.78 is 5.59. The molecule has 0 atom stereocenters. The van der Waals surface area contributed by atoms with Crippen LogP contribution in [0.2, 0.25) is 0 Å². The number of amides is 1. The quantitative estimate of drug-likeness (QED) is 0.762. The van der Waals surface area contributed by atoms with Crippen LogP contribution in [0.15, 0.2) is 22.7 Å². The number of carbonyl (C=O) groups excluding carboxylic acids is 2. The average Bonchev–Trinajstić information content (AvgIpc) is 2.42. The Morgan fingerprint density at radius 1 is 1.38 bits per heavy atom. The normalized spacial score (nSPS) is 10.5. The molecule has 0 unspecified atom stereocenters. The third-order valence-electron chi connectivity index (χ3n) is 3.00. The van der Waals surface area contributed by atoms with Crippen molar-refractivity contribution in [3.8, 4) is 0 Å². The number of benzene rings is 1. The van der Waals surface area contributed by atoms with Gasteiger partial charge in [-0.25, -0.2) is 0 Å². The summed E-state index contributed by atoms with van der Waals surface area (Å²) in [4.78, 5) is 24.8. The van der Waals surface area contributed by atoms with E-state index in [1.807, 2.05) is 37.1 Å². The summed E-state index contributed by atoms with van der Waals surface area (Å²) in [6, 6.07) is 5.68. The molecule has 0 aliphatic heterocycles. The smallest absolute Gasteiger partial charge is 0.305 e. The number of methoxy groups -OCH3 is 1. The van der Waals surface area contributed by atoms with Crippen LogP contribution in [-0.2, 0) is 14.3 Å². The fourth-order valence-electron chi connectivity index (χ4n) is 1.84. The van der Waals surface area contributed by atoms with Crippen molar-refractivity contribution in [2.24, 2.45) is 0 Å². The Kier molecular flexibility index (Phi) is 7.39. The minimum absolute atomic E-state index is 0.0720. The van der Waals surface area contributed by atoms with E-state index in [4.69, 9.17) is 0 Å². The second kappa shape index (κ2) is 8.79. The molecule has 0 fully saturated rings. The third kappa shape index (κ3) is 6.73. The fourth-order valence-corrected chi connectivity index (χ4v) is 2.09. The van der Waals surface area contributed by atoms with Crippen molar-refractivity contribution in [3.05, 3.63) is 28.2 Å². The van der Waals surface area contributed by atoms with Crippen LogP contribution in [0.5, 0.6) is 0 Å². The Hall–Kier alpha value is -1.40. The number of likely N-dealkylation sites (N-methyl/N-ethyl adjacent to an activating group) is 1. The van der Waals surface area contributed by atoms with E-state index in [9.17, 15) is 9.59 Å². The topological polar surface area (TPSA) is 58.6 Å². The predicted octanol–water partition coefficient (Wildman–Crippen LogP) is 2.58. The molecule has 0 saturated carbocycles. The number of anilines is 1. The lowest BCUT2D eigenvalue weighted by molar-refractivity contribution is -0.140. The molecule has 1 aromatic carbocycles. The Labute approximate surface area is 133 Å². The van der Waals surface area contributed by atoms with Crippen molar-refractivity contribution in [1.82, 2.24) is 4.90 Å². The van der Waals surface area contributed by atoms with Gasteiger partial charge in [0.15, 0.2) is 0 Å². The number of nitrogens with one attached hydrogen (secondary N) is 1. The number of halogens is 1. The van der Waals surface area contributed by atoms with Gasteiger partial charge in [0.05, 0.1) is 13.7 Å². The molecule has 0 spiro atoms. The van der Waals surface area contributed by atoms with E-state index in [2.05, 4.69) is 26.0 Å². The van der Waals surface area contributed by atoms with Gasteiger partial charge < -0.3 is 10.1 Å². The molecule has 1 aromatic rings. The molecule has 21 heavy (non-hydrogen) atoms. The van der Waals surface area contributed by atoms with Gasteiger partial charge in [0.25, 0.3) is 0 Å². The first kappa shape index (κ1) is 17.7. The Balaban J connectivity index is 2.35. The minimum atomic E-state index is -0.224. The number of ether oxygens (including phenoxy) is 1. The Morgan fingerprint density at radius 2 is 2.10 bits per heavy atom. The summed E-state index contributed by atoms with van der Waals surface area (Å²) >= 11 is 3.42. The molecular weight excluding hydrogens is 336 g/mol. The van der Waals surface area contributed by atoms with E-state index in [0.717, 1.165) is 15.7 Å². The van der Waals surface area contributed by atoms with Crippen molar-refractivity contribution in [3.63, 3.8) is 0 Å². The van der Waals surface area contributed by atoms with Crippen LogP contribution in [0.25, 0.3) is 0 Å². The molecule has 1 N–H and O–H groups in total. The van der Waals surface area contributed by atoms with Crippen LogP contribution in [0.1, 0.15) is 18.4 Å². The first-order valence-electron chi connectivity index (χ1n) is 6.73. The molecule has 0 bridgehead atoms. The van der Waals surface area contributed by atoms with Crippen LogP contribution < -0.4 is 5.32 Å². The largest absolute Gasteiger partial charge is 0.469 e. The Morgan fingerprint density at radius 3 is 2.71 bits per heavy atom. The number of hydrogen-bond donors (Lipinski definition) is 1. The van der Waals surface area contributed by atoms with Gasteiger partial charge in [-0.2, -0.15) is 0 Å². The van der Waals surface area contributed by atoms with Gasteiger partial charge in [-0.3, -0.25) is 14.5 Å². The summed E-state index contributed by atoms with van der Waals surface area (Å²) in [5.41, 5.74) is 1.85. The van der Waals surface area contributed by atoms with Crippen molar-refractivity contribution in [2.45, 2.75) is 19.8 Å². The summed E-state index contributed by atoms with van der Waals surface area (Å²) in [6.07, 6.45) is 1.04. The van der Waals surface area contributed by atoms with Gasteiger partial charge in [-0.1, -0.05) is 15.9 Å². The number of rotatable bonds is 7. The molecule has 1 rings (SSSR count). The van der Waals surface area contributed by atoms with Gasteiger partial charge in [0.1, 0.15) is 0 Å². The molecule has 0 saturated heterocycles.